The third-order valence-corrected chi connectivity index (χ3v) is 4.58. The second-order valence-corrected chi connectivity index (χ2v) is 6.31. The molecular formula is C18H21N3O4. The number of carboxylic acids is 1. The molecule has 0 spiro atoms. The molecule has 2 aromatic heterocycles. The predicted octanol–water partition coefficient (Wildman–Crippen LogP) is 2.88. The Morgan fingerprint density at radius 2 is 2.12 bits per heavy atom. The van der Waals surface area contributed by atoms with E-state index in [4.69, 9.17) is 9.63 Å². The molecule has 132 valence electrons. The second kappa shape index (κ2) is 7.04. The van der Waals surface area contributed by atoms with Crippen molar-refractivity contribution in [3.8, 4) is 11.1 Å². The second-order valence-electron chi connectivity index (χ2n) is 6.31. The lowest BCUT2D eigenvalue weighted by Gasteiger charge is -2.24. The van der Waals surface area contributed by atoms with Crippen molar-refractivity contribution in [2.45, 2.75) is 45.6 Å². The van der Waals surface area contributed by atoms with Crippen molar-refractivity contribution in [1.82, 2.24) is 15.0 Å². The standard InChI is InChI=1S/C18H21N3O4/c1-11-18(12(2)25-20-11)13-5-6-14(19-10-13)15-4-3-9-21(15)16(22)7-8-17(23)24/h5-6,10,15H,3-4,7-9H2,1-2H3,(H,23,24)/t15-/m0/s1. The van der Waals surface area contributed by atoms with Gasteiger partial charge in [0.15, 0.2) is 0 Å². The van der Waals surface area contributed by atoms with Gasteiger partial charge < -0.3 is 14.5 Å². The van der Waals surface area contributed by atoms with Gasteiger partial charge in [-0.25, -0.2) is 0 Å². The van der Waals surface area contributed by atoms with Crippen molar-refractivity contribution in [3.63, 3.8) is 0 Å². The average Bonchev–Trinajstić information content (AvgIpc) is 3.20. The Labute approximate surface area is 145 Å². The molecule has 0 aliphatic carbocycles. The molecule has 1 aliphatic heterocycles. The SMILES string of the molecule is Cc1noc(C)c1-c1ccc([C@@H]2CCCN2C(=O)CCC(=O)O)nc1. The van der Waals surface area contributed by atoms with Crippen LogP contribution in [0.4, 0.5) is 0 Å². The topological polar surface area (TPSA) is 96.5 Å². The predicted molar refractivity (Wildman–Crippen MR) is 89.8 cm³/mol. The van der Waals surface area contributed by atoms with Gasteiger partial charge in [0.1, 0.15) is 5.76 Å². The fourth-order valence-corrected chi connectivity index (χ4v) is 3.38. The van der Waals surface area contributed by atoms with Gasteiger partial charge in [0.05, 0.1) is 23.9 Å². The van der Waals surface area contributed by atoms with Gasteiger partial charge in [-0.1, -0.05) is 11.2 Å². The maximum absolute atomic E-state index is 12.3. The zero-order valence-corrected chi connectivity index (χ0v) is 14.4. The molecule has 3 heterocycles. The number of carbonyl (C=O) groups excluding carboxylic acids is 1. The number of rotatable bonds is 5. The summed E-state index contributed by atoms with van der Waals surface area (Å²) >= 11 is 0. The molecule has 1 saturated heterocycles. The summed E-state index contributed by atoms with van der Waals surface area (Å²) in [5, 5.41) is 12.7. The normalized spacial score (nSPS) is 17.0. The lowest BCUT2D eigenvalue weighted by molar-refractivity contribution is -0.141. The van der Waals surface area contributed by atoms with Crippen molar-refractivity contribution in [2.75, 3.05) is 6.54 Å². The minimum absolute atomic E-state index is 0.0307. The smallest absolute Gasteiger partial charge is 0.303 e. The van der Waals surface area contributed by atoms with Crippen LogP contribution in [-0.2, 0) is 9.59 Å². The van der Waals surface area contributed by atoms with Crippen molar-refractivity contribution in [3.05, 3.63) is 35.5 Å². The molecule has 1 aliphatic rings. The van der Waals surface area contributed by atoms with Crippen LogP contribution in [0.1, 0.15) is 48.9 Å². The van der Waals surface area contributed by atoms with Crippen LogP contribution in [0.15, 0.2) is 22.9 Å². The minimum atomic E-state index is -0.953. The molecule has 0 unspecified atom stereocenters. The number of aryl methyl sites for hydroxylation is 2. The number of carboxylic acid groups (broad SMARTS) is 1. The number of aliphatic carboxylic acids is 1. The van der Waals surface area contributed by atoms with E-state index in [0.29, 0.717) is 6.54 Å². The summed E-state index contributed by atoms with van der Waals surface area (Å²) in [4.78, 5) is 29.3. The van der Waals surface area contributed by atoms with E-state index in [-0.39, 0.29) is 24.8 Å². The molecule has 0 bridgehead atoms. The highest BCUT2D eigenvalue weighted by molar-refractivity contribution is 5.81. The molecule has 1 amide bonds. The van der Waals surface area contributed by atoms with Crippen LogP contribution in [0, 0.1) is 13.8 Å². The maximum atomic E-state index is 12.3. The van der Waals surface area contributed by atoms with Gasteiger partial charge in [-0.05, 0) is 32.8 Å². The van der Waals surface area contributed by atoms with Crippen LogP contribution in [0.5, 0.6) is 0 Å². The Hall–Kier alpha value is -2.70. The highest BCUT2D eigenvalue weighted by Gasteiger charge is 2.30. The quantitative estimate of drug-likeness (QED) is 0.896. The number of hydrogen-bond donors (Lipinski definition) is 1. The van der Waals surface area contributed by atoms with Crippen LogP contribution >= 0.6 is 0 Å². The number of pyridine rings is 1. The fourth-order valence-electron chi connectivity index (χ4n) is 3.38. The lowest BCUT2D eigenvalue weighted by Crippen LogP contribution is -2.31. The van der Waals surface area contributed by atoms with E-state index >= 15 is 0 Å². The molecule has 1 N–H and O–H groups in total. The molecule has 2 aromatic rings. The summed E-state index contributed by atoms with van der Waals surface area (Å²) in [5.74, 6) is -0.328. The largest absolute Gasteiger partial charge is 0.481 e. The highest BCUT2D eigenvalue weighted by Crippen LogP contribution is 2.33. The van der Waals surface area contributed by atoms with E-state index in [0.717, 1.165) is 41.1 Å². The van der Waals surface area contributed by atoms with Crippen molar-refractivity contribution < 1.29 is 19.2 Å². The van der Waals surface area contributed by atoms with E-state index in [1.165, 1.54) is 0 Å². The summed E-state index contributed by atoms with van der Waals surface area (Å²) in [6.07, 6.45) is 3.41. The Morgan fingerprint density at radius 1 is 1.32 bits per heavy atom. The Kier molecular flexibility index (Phi) is 4.83. The molecule has 0 aromatic carbocycles. The van der Waals surface area contributed by atoms with Crippen LogP contribution in [0.3, 0.4) is 0 Å². The minimum Gasteiger partial charge on any atom is -0.481 e. The Balaban J connectivity index is 1.77. The first kappa shape index (κ1) is 17.1. The molecular weight excluding hydrogens is 322 g/mol. The molecule has 1 fully saturated rings. The Bertz CT molecular complexity index is 763. The molecule has 25 heavy (non-hydrogen) atoms. The third-order valence-electron chi connectivity index (χ3n) is 4.58. The number of aromatic nitrogens is 2. The number of carbonyl (C=O) groups is 2. The van der Waals surface area contributed by atoms with Gasteiger partial charge in [0.2, 0.25) is 5.91 Å². The monoisotopic (exact) mass is 343 g/mol. The van der Waals surface area contributed by atoms with E-state index in [1.54, 1.807) is 11.1 Å². The summed E-state index contributed by atoms with van der Waals surface area (Å²) in [6.45, 7) is 4.40. The first-order chi connectivity index (χ1) is 12.0. The van der Waals surface area contributed by atoms with E-state index in [2.05, 4.69) is 10.1 Å². The van der Waals surface area contributed by atoms with Gasteiger partial charge in [-0.2, -0.15) is 0 Å². The zero-order valence-electron chi connectivity index (χ0n) is 14.4. The van der Waals surface area contributed by atoms with E-state index in [1.807, 2.05) is 26.0 Å². The summed E-state index contributed by atoms with van der Waals surface area (Å²) < 4.78 is 5.20. The van der Waals surface area contributed by atoms with Crippen LogP contribution in [0.2, 0.25) is 0 Å². The van der Waals surface area contributed by atoms with E-state index in [9.17, 15) is 9.59 Å². The third kappa shape index (κ3) is 3.55. The molecule has 1 atom stereocenters. The van der Waals surface area contributed by atoms with Gasteiger partial charge in [-0.15, -0.1) is 0 Å². The van der Waals surface area contributed by atoms with Crippen LogP contribution in [0.25, 0.3) is 11.1 Å². The van der Waals surface area contributed by atoms with Gasteiger partial charge in [0.25, 0.3) is 0 Å². The molecule has 0 radical (unpaired) electrons. The number of likely N-dealkylation sites (tertiary alicyclic amines) is 1. The number of amides is 1. The fraction of sp³-hybridized carbons (Fsp3) is 0.444. The lowest BCUT2D eigenvalue weighted by atomic mass is 10.0. The zero-order chi connectivity index (χ0) is 18.0. The summed E-state index contributed by atoms with van der Waals surface area (Å²) in [6, 6.07) is 3.81. The summed E-state index contributed by atoms with van der Waals surface area (Å²) in [5.41, 5.74) is 3.52. The van der Waals surface area contributed by atoms with Crippen LogP contribution in [-0.4, -0.2) is 38.6 Å². The Morgan fingerprint density at radius 3 is 2.72 bits per heavy atom. The van der Waals surface area contributed by atoms with Crippen molar-refractivity contribution >= 4 is 11.9 Å². The molecule has 0 saturated carbocycles. The molecule has 7 nitrogen and oxygen atoms in total. The van der Waals surface area contributed by atoms with Gasteiger partial charge >= 0.3 is 5.97 Å². The van der Waals surface area contributed by atoms with Crippen molar-refractivity contribution in [1.29, 1.82) is 0 Å². The first-order valence-corrected chi connectivity index (χ1v) is 8.38. The first-order valence-electron chi connectivity index (χ1n) is 8.38. The van der Waals surface area contributed by atoms with E-state index < -0.39 is 5.97 Å². The van der Waals surface area contributed by atoms with Crippen LogP contribution < -0.4 is 0 Å². The average molecular weight is 343 g/mol. The molecule has 7 heteroatoms. The highest BCUT2D eigenvalue weighted by atomic mass is 16.5. The van der Waals surface area contributed by atoms with Crippen molar-refractivity contribution in [2.24, 2.45) is 0 Å². The van der Waals surface area contributed by atoms with Gasteiger partial charge in [-0.3, -0.25) is 14.6 Å². The number of nitrogens with zero attached hydrogens (tertiary/aromatic N) is 3. The molecule has 3 rings (SSSR count). The summed E-state index contributed by atoms with van der Waals surface area (Å²) in [7, 11) is 0. The number of hydrogen-bond acceptors (Lipinski definition) is 5. The maximum Gasteiger partial charge on any atom is 0.303 e. The van der Waals surface area contributed by atoms with Gasteiger partial charge in [0, 0.05) is 30.3 Å².